The Balaban J connectivity index is 2.25. The third kappa shape index (κ3) is 2.65. The molecule has 3 N–H and O–H groups in total. The minimum Gasteiger partial charge on any atom is -0.397 e. The molecule has 1 aromatic carbocycles. The highest BCUT2D eigenvalue weighted by molar-refractivity contribution is 7.89. The second kappa shape index (κ2) is 5.18. The average Bonchev–Trinajstić information content (AvgIpc) is 2.32. The fourth-order valence-corrected chi connectivity index (χ4v) is 4.29. The van der Waals surface area contributed by atoms with Crippen molar-refractivity contribution in [2.45, 2.75) is 37.2 Å². The molecule has 1 fully saturated rings. The highest BCUT2D eigenvalue weighted by Crippen LogP contribution is 2.34. The molecule has 0 atom stereocenters. The number of anilines is 1. The third-order valence-electron chi connectivity index (χ3n) is 3.55. The predicted molar refractivity (Wildman–Crippen MR) is 79.2 cm³/mol. The van der Waals surface area contributed by atoms with E-state index in [1.807, 2.05) is 6.92 Å². The number of hydrogen-bond acceptors (Lipinski definition) is 4. The smallest absolute Gasteiger partial charge is 0.243 e. The lowest BCUT2D eigenvalue weighted by Crippen LogP contribution is -2.63. The Bertz CT molecular complexity index is 601. The van der Waals surface area contributed by atoms with Gasteiger partial charge in [0, 0.05) is 13.1 Å². The summed E-state index contributed by atoms with van der Waals surface area (Å²) in [7, 11) is -3.62. The number of nitrogens with two attached hydrogens (primary N) is 1. The Morgan fingerprint density at radius 3 is 2.55 bits per heavy atom. The van der Waals surface area contributed by atoms with Gasteiger partial charge in [-0.25, -0.2) is 8.42 Å². The third-order valence-corrected chi connectivity index (χ3v) is 5.84. The zero-order chi connectivity index (χ0) is 15.1. The van der Waals surface area contributed by atoms with Crippen LogP contribution in [-0.4, -0.2) is 36.5 Å². The molecule has 1 heterocycles. The van der Waals surface area contributed by atoms with Crippen LogP contribution in [0.3, 0.4) is 0 Å². The fourth-order valence-electron chi connectivity index (χ4n) is 2.46. The highest BCUT2D eigenvalue weighted by atomic mass is 35.5. The maximum atomic E-state index is 12.4. The van der Waals surface area contributed by atoms with Crippen molar-refractivity contribution in [1.29, 1.82) is 0 Å². The van der Waals surface area contributed by atoms with E-state index in [9.17, 15) is 13.5 Å². The standard InChI is InChI=1S/C13H19ClN2O3S/c1-3-4-13(17)7-16(8-13)20(18,19)10-5-9(2)12(14)11(15)6-10/h5-6,17H,3-4,7-8,15H2,1-2H3. The summed E-state index contributed by atoms with van der Waals surface area (Å²) < 4.78 is 26.1. The molecule has 112 valence electrons. The van der Waals surface area contributed by atoms with Gasteiger partial charge in [-0.2, -0.15) is 4.31 Å². The van der Waals surface area contributed by atoms with Crippen molar-refractivity contribution in [2.75, 3.05) is 18.8 Å². The Morgan fingerprint density at radius 1 is 1.45 bits per heavy atom. The van der Waals surface area contributed by atoms with Gasteiger partial charge in [0.05, 0.1) is 21.2 Å². The van der Waals surface area contributed by atoms with Gasteiger partial charge in [-0.3, -0.25) is 0 Å². The number of aryl methyl sites for hydroxylation is 1. The van der Waals surface area contributed by atoms with E-state index in [-0.39, 0.29) is 23.7 Å². The van der Waals surface area contributed by atoms with Gasteiger partial charge >= 0.3 is 0 Å². The molecule has 1 aliphatic rings. The molecule has 0 amide bonds. The normalized spacial score (nSPS) is 18.8. The lowest BCUT2D eigenvalue weighted by Gasteiger charge is -2.45. The van der Waals surface area contributed by atoms with Crippen LogP contribution in [0.15, 0.2) is 17.0 Å². The molecule has 0 spiro atoms. The summed E-state index contributed by atoms with van der Waals surface area (Å²) in [6.45, 7) is 3.93. The summed E-state index contributed by atoms with van der Waals surface area (Å²) in [5.41, 5.74) is 5.69. The van der Waals surface area contributed by atoms with Crippen molar-refractivity contribution < 1.29 is 13.5 Å². The number of aliphatic hydroxyl groups is 1. The molecule has 1 aliphatic heterocycles. The van der Waals surface area contributed by atoms with Crippen molar-refractivity contribution in [2.24, 2.45) is 0 Å². The minimum atomic E-state index is -3.62. The van der Waals surface area contributed by atoms with E-state index >= 15 is 0 Å². The van der Waals surface area contributed by atoms with Crippen LogP contribution in [0.5, 0.6) is 0 Å². The van der Waals surface area contributed by atoms with Gasteiger partial charge < -0.3 is 10.8 Å². The Morgan fingerprint density at radius 2 is 2.05 bits per heavy atom. The van der Waals surface area contributed by atoms with Gasteiger partial charge in [0.1, 0.15) is 0 Å². The van der Waals surface area contributed by atoms with E-state index < -0.39 is 15.6 Å². The molecular formula is C13H19ClN2O3S. The van der Waals surface area contributed by atoms with E-state index in [0.717, 1.165) is 6.42 Å². The van der Waals surface area contributed by atoms with E-state index in [1.165, 1.54) is 16.4 Å². The summed E-state index contributed by atoms with van der Waals surface area (Å²) in [5.74, 6) is 0. The molecule has 0 radical (unpaired) electrons. The van der Waals surface area contributed by atoms with Gasteiger partial charge in [-0.05, 0) is 31.0 Å². The molecule has 0 aromatic heterocycles. The zero-order valence-corrected chi connectivity index (χ0v) is 13.1. The van der Waals surface area contributed by atoms with Crippen molar-refractivity contribution in [3.05, 3.63) is 22.7 Å². The number of nitrogen functional groups attached to an aromatic ring is 1. The summed E-state index contributed by atoms with van der Waals surface area (Å²) in [5, 5.41) is 10.5. The van der Waals surface area contributed by atoms with Crippen LogP contribution in [0, 0.1) is 6.92 Å². The molecule has 0 saturated carbocycles. The number of hydrogen-bond donors (Lipinski definition) is 2. The summed E-state index contributed by atoms with van der Waals surface area (Å²) >= 11 is 5.94. The van der Waals surface area contributed by atoms with E-state index in [2.05, 4.69) is 0 Å². The van der Waals surface area contributed by atoms with Crippen molar-refractivity contribution in [3.63, 3.8) is 0 Å². The molecule has 7 heteroatoms. The highest BCUT2D eigenvalue weighted by Gasteiger charge is 2.46. The average molecular weight is 319 g/mol. The lowest BCUT2D eigenvalue weighted by molar-refractivity contribution is -0.0653. The van der Waals surface area contributed by atoms with Gasteiger partial charge in [0.15, 0.2) is 0 Å². The number of halogens is 1. The molecule has 1 aromatic rings. The van der Waals surface area contributed by atoms with Crippen molar-refractivity contribution >= 4 is 27.3 Å². The second-order valence-corrected chi connectivity index (χ2v) is 7.71. The number of β-amino-alcohol motifs (C(OH)–C–C–N with tert-alkyl or cyclic N) is 1. The van der Waals surface area contributed by atoms with Gasteiger partial charge in [-0.15, -0.1) is 0 Å². The number of benzene rings is 1. The molecule has 20 heavy (non-hydrogen) atoms. The van der Waals surface area contributed by atoms with Crippen LogP contribution in [0.1, 0.15) is 25.3 Å². The quantitative estimate of drug-likeness (QED) is 0.829. The first-order valence-electron chi connectivity index (χ1n) is 6.48. The molecule has 5 nitrogen and oxygen atoms in total. The van der Waals surface area contributed by atoms with Crippen LogP contribution < -0.4 is 5.73 Å². The first-order chi connectivity index (χ1) is 9.19. The Kier molecular flexibility index (Phi) is 4.03. The molecule has 0 aliphatic carbocycles. The van der Waals surface area contributed by atoms with Crippen LogP contribution in [0.25, 0.3) is 0 Å². The van der Waals surface area contributed by atoms with E-state index in [0.29, 0.717) is 17.0 Å². The second-order valence-electron chi connectivity index (χ2n) is 5.39. The monoisotopic (exact) mass is 318 g/mol. The Hall–Kier alpha value is -0.820. The SMILES string of the molecule is CCCC1(O)CN(S(=O)(=O)c2cc(C)c(Cl)c(N)c2)C1. The Labute approximate surface area is 124 Å². The maximum absolute atomic E-state index is 12.4. The fraction of sp³-hybridized carbons (Fsp3) is 0.538. The molecule has 2 rings (SSSR count). The lowest BCUT2D eigenvalue weighted by atomic mass is 9.92. The molecule has 0 unspecified atom stereocenters. The topological polar surface area (TPSA) is 83.6 Å². The summed E-state index contributed by atoms with van der Waals surface area (Å²) in [4.78, 5) is 0.121. The number of rotatable bonds is 4. The molecular weight excluding hydrogens is 300 g/mol. The van der Waals surface area contributed by atoms with Gasteiger partial charge in [0.25, 0.3) is 0 Å². The molecule has 1 saturated heterocycles. The van der Waals surface area contributed by atoms with Crippen molar-refractivity contribution in [1.82, 2.24) is 4.31 Å². The van der Waals surface area contributed by atoms with Crippen molar-refractivity contribution in [3.8, 4) is 0 Å². The first kappa shape index (κ1) is 15.6. The minimum absolute atomic E-state index is 0.121. The number of nitrogens with zero attached hydrogens (tertiary/aromatic N) is 1. The van der Waals surface area contributed by atoms with E-state index in [1.54, 1.807) is 6.92 Å². The first-order valence-corrected chi connectivity index (χ1v) is 8.29. The van der Waals surface area contributed by atoms with Crippen LogP contribution in [0.2, 0.25) is 5.02 Å². The maximum Gasteiger partial charge on any atom is 0.243 e. The molecule has 0 bridgehead atoms. The summed E-state index contributed by atoms with van der Waals surface area (Å²) in [6, 6.07) is 2.87. The van der Waals surface area contributed by atoms with Gasteiger partial charge in [0.2, 0.25) is 10.0 Å². The largest absolute Gasteiger partial charge is 0.397 e. The van der Waals surface area contributed by atoms with E-state index in [4.69, 9.17) is 17.3 Å². The van der Waals surface area contributed by atoms with Crippen LogP contribution >= 0.6 is 11.6 Å². The zero-order valence-electron chi connectivity index (χ0n) is 11.6. The predicted octanol–water partition coefficient (Wildman–Crippen LogP) is 1.77. The number of sulfonamides is 1. The van der Waals surface area contributed by atoms with Gasteiger partial charge in [-0.1, -0.05) is 24.9 Å². The van der Waals surface area contributed by atoms with Crippen LogP contribution in [0.4, 0.5) is 5.69 Å². The van der Waals surface area contributed by atoms with Crippen LogP contribution in [-0.2, 0) is 10.0 Å². The summed E-state index contributed by atoms with van der Waals surface area (Å²) in [6.07, 6.45) is 1.41.